The maximum Gasteiger partial charge on any atom is 0.416 e. The molecule has 0 unspecified atom stereocenters. The van der Waals surface area contributed by atoms with Gasteiger partial charge in [-0.15, -0.1) is 0 Å². The van der Waals surface area contributed by atoms with Gasteiger partial charge in [-0.1, -0.05) is 22.9 Å². The summed E-state index contributed by atoms with van der Waals surface area (Å²) in [6.45, 7) is 3.46. The molecule has 106 valence electrons. The van der Waals surface area contributed by atoms with Gasteiger partial charge in [-0.3, -0.25) is 0 Å². The monoisotopic (exact) mass is 338 g/mol. The second-order valence-corrected chi connectivity index (χ2v) is 4.38. The van der Waals surface area contributed by atoms with E-state index in [2.05, 4.69) is 15.9 Å². The fourth-order valence-electron chi connectivity index (χ4n) is 1.92. The first kappa shape index (κ1) is 16.0. The molecule has 0 aliphatic heterocycles. The van der Waals surface area contributed by atoms with Crippen LogP contribution in [0.1, 0.15) is 40.9 Å². The molecule has 1 rings (SSSR count). The predicted molar refractivity (Wildman–Crippen MR) is 69.4 cm³/mol. The molecule has 0 fully saturated rings. The SMILES string of the molecule is CCOC(=O)c1ccc(C(F)(F)F)c(CC)c1CBr. The lowest BCUT2D eigenvalue weighted by Gasteiger charge is -2.17. The number of ether oxygens (including phenoxy) is 1. The van der Waals surface area contributed by atoms with Gasteiger partial charge in [-0.05, 0) is 36.6 Å². The van der Waals surface area contributed by atoms with Gasteiger partial charge in [0.1, 0.15) is 0 Å². The van der Waals surface area contributed by atoms with Crippen molar-refractivity contribution in [3.05, 3.63) is 34.4 Å². The van der Waals surface area contributed by atoms with Gasteiger partial charge in [0, 0.05) is 5.33 Å². The van der Waals surface area contributed by atoms with Gasteiger partial charge in [0.15, 0.2) is 0 Å². The molecule has 2 nitrogen and oxygen atoms in total. The summed E-state index contributed by atoms with van der Waals surface area (Å²) in [5, 5.41) is 0.175. The molecule has 6 heteroatoms. The van der Waals surface area contributed by atoms with Crippen molar-refractivity contribution in [3.8, 4) is 0 Å². The van der Waals surface area contributed by atoms with Gasteiger partial charge in [0.05, 0.1) is 17.7 Å². The highest BCUT2D eigenvalue weighted by Gasteiger charge is 2.34. The Morgan fingerprint density at radius 3 is 2.32 bits per heavy atom. The Morgan fingerprint density at radius 2 is 1.89 bits per heavy atom. The van der Waals surface area contributed by atoms with E-state index in [4.69, 9.17) is 4.74 Å². The Balaban J connectivity index is 3.43. The van der Waals surface area contributed by atoms with Crippen LogP contribution in [0.25, 0.3) is 0 Å². The topological polar surface area (TPSA) is 26.3 Å². The zero-order valence-electron chi connectivity index (χ0n) is 10.6. The fraction of sp³-hybridized carbons (Fsp3) is 0.462. The van der Waals surface area contributed by atoms with Gasteiger partial charge in [-0.25, -0.2) is 4.79 Å². The van der Waals surface area contributed by atoms with E-state index in [0.29, 0.717) is 5.56 Å². The largest absolute Gasteiger partial charge is 0.462 e. The molecule has 0 aliphatic carbocycles. The molecule has 0 spiro atoms. The van der Waals surface area contributed by atoms with E-state index in [9.17, 15) is 18.0 Å². The maximum atomic E-state index is 12.9. The maximum absolute atomic E-state index is 12.9. The lowest BCUT2D eigenvalue weighted by molar-refractivity contribution is -0.138. The van der Waals surface area contributed by atoms with Gasteiger partial charge in [-0.2, -0.15) is 13.2 Å². The highest BCUT2D eigenvalue weighted by atomic mass is 79.9. The zero-order chi connectivity index (χ0) is 14.6. The minimum atomic E-state index is -4.42. The average molecular weight is 339 g/mol. The minimum absolute atomic E-state index is 0.134. The number of hydrogen-bond acceptors (Lipinski definition) is 2. The van der Waals surface area contributed by atoms with Crippen LogP contribution in [0.3, 0.4) is 0 Å². The van der Waals surface area contributed by atoms with Gasteiger partial charge in [0.25, 0.3) is 0 Å². The summed E-state index contributed by atoms with van der Waals surface area (Å²) in [6, 6.07) is 2.12. The first-order valence-corrected chi connectivity index (χ1v) is 6.93. The van der Waals surface area contributed by atoms with Crippen molar-refractivity contribution in [2.75, 3.05) is 6.61 Å². The second-order valence-electron chi connectivity index (χ2n) is 3.82. The standard InChI is InChI=1S/C13H14BrF3O2/c1-3-8-10(7-14)9(12(18)19-4-2)5-6-11(8)13(15,16)17/h5-6H,3-4,7H2,1-2H3. The Labute approximate surface area is 118 Å². The van der Waals surface area contributed by atoms with E-state index < -0.39 is 17.7 Å². The molecule has 1 aromatic carbocycles. The first-order valence-electron chi connectivity index (χ1n) is 5.81. The third kappa shape index (κ3) is 3.49. The number of rotatable bonds is 4. The summed E-state index contributed by atoms with van der Waals surface area (Å²) in [5.74, 6) is -0.597. The van der Waals surface area contributed by atoms with Crippen molar-refractivity contribution in [3.63, 3.8) is 0 Å². The molecular formula is C13H14BrF3O2. The van der Waals surface area contributed by atoms with Crippen molar-refractivity contribution < 1.29 is 22.7 Å². The van der Waals surface area contributed by atoms with Crippen LogP contribution in [-0.4, -0.2) is 12.6 Å². The minimum Gasteiger partial charge on any atom is -0.462 e. The number of carbonyl (C=O) groups is 1. The molecule has 0 atom stereocenters. The molecule has 0 aromatic heterocycles. The number of alkyl halides is 4. The van der Waals surface area contributed by atoms with E-state index in [0.717, 1.165) is 6.07 Å². The second kappa shape index (κ2) is 6.41. The Hall–Kier alpha value is -1.04. The number of benzene rings is 1. The number of esters is 1. The Bertz CT molecular complexity index is 470. The van der Waals surface area contributed by atoms with Gasteiger partial charge < -0.3 is 4.74 Å². The van der Waals surface area contributed by atoms with E-state index >= 15 is 0 Å². The quantitative estimate of drug-likeness (QED) is 0.603. The molecule has 0 bridgehead atoms. The van der Waals surface area contributed by atoms with Crippen LogP contribution in [0.15, 0.2) is 12.1 Å². The molecule has 1 aromatic rings. The highest BCUT2D eigenvalue weighted by molar-refractivity contribution is 9.08. The van der Waals surface area contributed by atoms with Crippen molar-refractivity contribution >= 4 is 21.9 Å². The molecule has 0 saturated heterocycles. The van der Waals surface area contributed by atoms with Crippen LogP contribution < -0.4 is 0 Å². The van der Waals surface area contributed by atoms with Crippen molar-refractivity contribution in [1.82, 2.24) is 0 Å². The van der Waals surface area contributed by atoms with E-state index in [1.807, 2.05) is 0 Å². The van der Waals surface area contributed by atoms with Crippen molar-refractivity contribution in [2.45, 2.75) is 31.8 Å². The predicted octanol–water partition coefficient (Wildman–Crippen LogP) is 4.34. The number of halogens is 4. The summed E-state index contributed by atoms with van der Waals surface area (Å²) in [7, 11) is 0. The van der Waals surface area contributed by atoms with Gasteiger partial charge in [0.2, 0.25) is 0 Å². The zero-order valence-corrected chi connectivity index (χ0v) is 12.2. The average Bonchev–Trinajstić information content (AvgIpc) is 2.35. The van der Waals surface area contributed by atoms with Crippen LogP contribution in [0.4, 0.5) is 13.2 Å². The Kier molecular flexibility index (Phi) is 5.40. The summed E-state index contributed by atoms with van der Waals surface area (Å²) in [5.41, 5.74) is -0.0354. The van der Waals surface area contributed by atoms with E-state index in [1.165, 1.54) is 6.07 Å². The van der Waals surface area contributed by atoms with Gasteiger partial charge >= 0.3 is 12.1 Å². The molecular weight excluding hydrogens is 325 g/mol. The molecule has 0 heterocycles. The number of hydrogen-bond donors (Lipinski definition) is 0. The molecule has 19 heavy (non-hydrogen) atoms. The fourth-order valence-corrected chi connectivity index (χ4v) is 2.56. The van der Waals surface area contributed by atoms with Crippen molar-refractivity contribution in [2.24, 2.45) is 0 Å². The summed E-state index contributed by atoms with van der Waals surface area (Å²) < 4.78 is 43.6. The normalized spacial score (nSPS) is 11.5. The van der Waals surface area contributed by atoms with Crippen LogP contribution >= 0.6 is 15.9 Å². The molecule has 0 amide bonds. The summed E-state index contributed by atoms with van der Waals surface area (Å²) >= 11 is 3.15. The Morgan fingerprint density at radius 1 is 1.26 bits per heavy atom. The first-order chi connectivity index (χ1) is 8.86. The lowest BCUT2D eigenvalue weighted by Crippen LogP contribution is -2.15. The van der Waals surface area contributed by atoms with Crippen LogP contribution in [-0.2, 0) is 22.7 Å². The molecule has 0 aliphatic rings. The molecule has 0 N–H and O–H groups in total. The van der Waals surface area contributed by atoms with Crippen molar-refractivity contribution in [1.29, 1.82) is 0 Å². The summed E-state index contributed by atoms with van der Waals surface area (Å²) in [4.78, 5) is 11.7. The molecule has 0 saturated carbocycles. The van der Waals surface area contributed by atoms with E-state index in [1.54, 1.807) is 13.8 Å². The smallest absolute Gasteiger partial charge is 0.416 e. The van der Waals surface area contributed by atoms with Crippen LogP contribution in [0, 0.1) is 0 Å². The number of carbonyl (C=O) groups excluding carboxylic acids is 1. The molecule has 0 radical (unpaired) electrons. The summed E-state index contributed by atoms with van der Waals surface area (Å²) in [6.07, 6.45) is -4.22. The lowest BCUT2D eigenvalue weighted by atomic mass is 9.94. The highest BCUT2D eigenvalue weighted by Crippen LogP contribution is 2.35. The third-order valence-corrected chi connectivity index (χ3v) is 3.28. The third-order valence-electron chi connectivity index (χ3n) is 2.72. The van der Waals surface area contributed by atoms with Crippen LogP contribution in [0.5, 0.6) is 0 Å². The van der Waals surface area contributed by atoms with Crippen LogP contribution in [0.2, 0.25) is 0 Å². The van der Waals surface area contributed by atoms with E-state index in [-0.39, 0.29) is 29.5 Å².